The van der Waals surface area contributed by atoms with Crippen LogP contribution in [0.5, 0.6) is 0 Å². The molecular weight excluding hydrogens is 355 g/mol. The standard InChI is InChI=1S/C20H16Cl2N2O/c21-14-5-6-15-17(12-23-19(15)11-14)13-7-9-24(10-8-13)20(25)16-3-1-2-4-18(16)22/h1-7,11-12,23H,8-10H2. The van der Waals surface area contributed by atoms with Gasteiger partial charge >= 0.3 is 0 Å². The third kappa shape index (κ3) is 3.06. The average molecular weight is 371 g/mol. The Balaban J connectivity index is 1.58. The van der Waals surface area contributed by atoms with Crippen LogP contribution in [0.4, 0.5) is 0 Å². The molecule has 0 saturated heterocycles. The number of hydrogen-bond acceptors (Lipinski definition) is 1. The number of benzene rings is 2. The summed E-state index contributed by atoms with van der Waals surface area (Å²) >= 11 is 12.2. The molecule has 0 bridgehead atoms. The second-order valence-corrected chi connectivity index (χ2v) is 6.95. The summed E-state index contributed by atoms with van der Waals surface area (Å²) in [4.78, 5) is 17.8. The van der Waals surface area contributed by atoms with Gasteiger partial charge in [-0.15, -0.1) is 0 Å². The van der Waals surface area contributed by atoms with Gasteiger partial charge in [0, 0.05) is 40.8 Å². The van der Waals surface area contributed by atoms with Crippen molar-refractivity contribution in [2.45, 2.75) is 6.42 Å². The fraction of sp³-hybridized carbons (Fsp3) is 0.150. The van der Waals surface area contributed by atoms with Crippen molar-refractivity contribution in [3.8, 4) is 0 Å². The SMILES string of the molecule is O=C(c1ccccc1Cl)N1CC=C(c2c[nH]c3cc(Cl)ccc23)CC1. The van der Waals surface area contributed by atoms with Crippen LogP contribution < -0.4 is 0 Å². The minimum absolute atomic E-state index is 0.0217. The van der Waals surface area contributed by atoms with Crippen molar-refractivity contribution < 1.29 is 4.79 Å². The lowest BCUT2D eigenvalue weighted by Gasteiger charge is -2.27. The van der Waals surface area contributed by atoms with E-state index in [1.54, 1.807) is 12.1 Å². The van der Waals surface area contributed by atoms with Crippen LogP contribution in [0.25, 0.3) is 16.5 Å². The van der Waals surface area contributed by atoms with Crippen molar-refractivity contribution >= 4 is 45.6 Å². The van der Waals surface area contributed by atoms with E-state index >= 15 is 0 Å². The lowest BCUT2D eigenvalue weighted by Crippen LogP contribution is -2.34. The number of fused-ring (bicyclic) bond motifs is 1. The number of H-pyrrole nitrogens is 1. The lowest BCUT2D eigenvalue weighted by atomic mass is 9.98. The van der Waals surface area contributed by atoms with Gasteiger partial charge in [0.15, 0.2) is 0 Å². The molecule has 1 aliphatic heterocycles. The normalized spacial score (nSPS) is 14.6. The maximum Gasteiger partial charge on any atom is 0.255 e. The average Bonchev–Trinajstić information content (AvgIpc) is 3.04. The molecule has 0 saturated carbocycles. The second-order valence-electron chi connectivity index (χ2n) is 6.10. The van der Waals surface area contributed by atoms with Gasteiger partial charge in [-0.1, -0.05) is 47.5 Å². The van der Waals surface area contributed by atoms with Gasteiger partial charge in [0.05, 0.1) is 10.6 Å². The maximum atomic E-state index is 12.7. The van der Waals surface area contributed by atoms with Gasteiger partial charge in [0.25, 0.3) is 5.91 Å². The van der Waals surface area contributed by atoms with Crippen LogP contribution in [0.3, 0.4) is 0 Å². The van der Waals surface area contributed by atoms with Gasteiger partial charge in [-0.25, -0.2) is 0 Å². The zero-order valence-corrected chi connectivity index (χ0v) is 14.9. The molecule has 0 spiro atoms. The van der Waals surface area contributed by atoms with Gasteiger partial charge < -0.3 is 9.88 Å². The Kier molecular flexibility index (Phi) is 4.28. The quantitative estimate of drug-likeness (QED) is 0.643. The minimum Gasteiger partial charge on any atom is -0.361 e. The van der Waals surface area contributed by atoms with Crippen molar-refractivity contribution in [1.82, 2.24) is 9.88 Å². The molecule has 3 aromatic rings. The molecule has 1 amide bonds. The van der Waals surface area contributed by atoms with E-state index in [1.165, 1.54) is 11.1 Å². The summed E-state index contributed by atoms with van der Waals surface area (Å²) in [6, 6.07) is 13.0. The molecule has 1 N–H and O–H groups in total. The third-order valence-corrected chi connectivity index (χ3v) is 5.16. The molecule has 4 rings (SSSR count). The van der Waals surface area contributed by atoms with Crippen molar-refractivity contribution in [2.75, 3.05) is 13.1 Å². The van der Waals surface area contributed by atoms with E-state index in [1.807, 2.05) is 41.4 Å². The molecule has 0 unspecified atom stereocenters. The summed E-state index contributed by atoms with van der Waals surface area (Å²) in [6.07, 6.45) is 4.94. The molecule has 0 radical (unpaired) electrons. The predicted octanol–water partition coefficient (Wildman–Crippen LogP) is 5.40. The number of nitrogens with one attached hydrogen (secondary N) is 1. The molecule has 1 aliphatic rings. The van der Waals surface area contributed by atoms with Gasteiger partial charge in [0.2, 0.25) is 0 Å². The molecule has 0 fully saturated rings. The van der Waals surface area contributed by atoms with Gasteiger partial charge in [0.1, 0.15) is 0 Å². The van der Waals surface area contributed by atoms with Gasteiger partial charge in [-0.3, -0.25) is 4.79 Å². The molecular formula is C20H16Cl2N2O. The summed E-state index contributed by atoms with van der Waals surface area (Å²) in [5, 5.41) is 2.37. The Bertz CT molecular complexity index is 990. The van der Waals surface area contributed by atoms with E-state index in [9.17, 15) is 4.79 Å². The molecule has 0 aliphatic carbocycles. The van der Waals surface area contributed by atoms with Crippen LogP contribution in [-0.2, 0) is 0 Å². The number of nitrogens with zero attached hydrogens (tertiary/aromatic N) is 1. The molecule has 3 nitrogen and oxygen atoms in total. The highest BCUT2D eigenvalue weighted by molar-refractivity contribution is 6.33. The van der Waals surface area contributed by atoms with Crippen molar-refractivity contribution in [3.05, 3.63) is 75.9 Å². The smallest absolute Gasteiger partial charge is 0.255 e. The van der Waals surface area contributed by atoms with Crippen LogP contribution in [0.15, 0.2) is 54.7 Å². The summed E-state index contributed by atoms with van der Waals surface area (Å²) in [7, 11) is 0. The minimum atomic E-state index is -0.0217. The molecule has 2 aromatic carbocycles. The zero-order valence-electron chi connectivity index (χ0n) is 13.4. The number of carbonyl (C=O) groups excluding carboxylic acids is 1. The van der Waals surface area contributed by atoms with Crippen LogP contribution in [0.1, 0.15) is 22.3 Å². The third-order valence-electron chi connectivity index (χ3n) is 4.59. The first-order chi connectivity index (χ1) is 12.1. The number of hydrogen-bond donors (Lipinski definition) is 1. The Hall–Kier alpha value is -2.23. The Labute approximate surface area is 155 Å². The molecule has 0 atom stereocenters. The lowest BCUT2D eigenvalue weighted by molar-refractivity contribution is 0.0773. The highest BCUT2D eigenvalue weighted by atomic mass is 35.5. The zero-order chi connectivity index (χ0) is 17.4. The molecule has 5 heteroatoms. The monoisotopic (exact) mass is 370 g/mol. The number of rotatable bonds is 2. The molecule has 25 heavy (non-hydrogen) atoms. The topological polar surface area (TPSA) is 36.1 Å². The Morgan fingerprint density at radius 2 is 1.96 bits per heavy atom. The van der Waals surface area contributed by atoms with Crippen molar-refractivity contribution in [2.24, 2.45) is 0 Å². The predicted molar refractivity (Wildman–Crippen MR) is 103 cm³/mol. The highest BCUT2D eigenvalue weighted by Gasteiger charge is 2.21. The molecule has 126 valence electrons. The van der Waals surface area contributed by atoms with E-state index in [-0.39, 0.29) is 5.91 Å². The number of amides is 1. The van der Waals surface area contributed by atoms with E-state index in [4.69, 9.17) is 23.2 Å². The number of aromatic amines is 1. The first-order valence-electron chi connectivity index (χ1n) is 8.13. The number of halogens is 2. The second kappa shape index (κ2) is 6.58. The maximum absolute atomic E-state index is 12.7. The van der Waals surface area contributed by atoms with Crippen LogP contribution in [-0.4, -0.2) is 28.9 Å². The largest absolute Gasteiger partial charge is 0.361 e. The first kappa shape index (κ1) is 16.2. The van der Waals surface area contributed by atoms with Crippen LogP contribution in [0, 0.1) is 0 Å². The Morgan fingerprint density at radius 1 is 1.12 bits per heavy atom. The van der Waals surface area contributed by atoms with Crippen LogP contribution >= 0.6 is 23.2 Å². The van der Waals surface area contributed by atoms with E-state index in [0.717, 1.165) is 22.3 Å². The van der Waals surface area contributed by atoms with Gasteiger partial charge in [-0.2, -0.15) is 0 Å². The molecule has 2 heterocycles. The number of aromatic nitrogens is 1. The summed E-state index contributed by atoms with van der Waals surface area (Å²) < 4.78 is 0. The molecule has 1 aromatic heterocycles. The van der Waals surface area contributed by atoms with Crippen molar-refractivity contribution in [3.63, 3.8) is 0 Å². The van der Waals surface area contributed by atoms with E-state index in [2.05, 4.69) is 11.1 Å². The summed E-state index contributed by atoms with van der Waals surface area (Å²) in [5.41, 5.74) is 4.01. The van der Waals surface area contributed by atoms with Crippen molar-refractivity contribution in [1.29, 1.82) is 0 Å². The van der Waals surface area contributed by atoms with Crippen LogP contribution in [0.2, 0.25) is 10.0 Å². The summed E-state index contributed by atoms with van der Waals surface area (Å²) in [5.74, 6) is -0.0217. The van der Waals surface area contributed by atoms with E-state index < -0.39 is 0 Å². The van der Waals surface area contributed by atoms with E-state index in [0.29, 0.717) is 23.7 Å². The highest BCUT2D eigenvalue weighted by Crippen LogP contribution is 2.31. The first-order valence-corrected chi connectivity index (χ1v) is 8.89. The number of carbonyl (C=O) groups is 1. The Morgan fingerprint density at radius 3 is 2.72 bits per heavy atom. The summed E-state index contributed by atoms with van der Waals surface area (Å²) in [6.45, 7) is 1.26. The van der Waals surface area contributed by atoms with Gasteiger partial charge in [-0.05, 0) is 36.3 Å². The fourth-order valence-electron chi connectivity index (χ4n) is 3.27. The fourth-order valence-corrected chi connectivity index (χ4v) is 3.66.